The van der Waals surface area contributed by atoms with Gasteiger partial charge in [0.15, 0.2) is 0 Å². The minimum absolute atomic E-state index is 0.221. The topological polar surface area (TPSA) is 105 Å². The molecule has 6 nitrogen and oxygen atoms in total. The number of aromatic nitrogens is 1. The minimum Gasteiger partial charge on any atom is -0.480 e. The van der Waals surface area contributed by atoms with Gasteiger partial charge in [-0.2, -0.15) is 0 Å². The summed E-state index contributed by atoms with van der Waals surface area (Å²) in [6.07, 6.45) is 2.25. The molecule has 4 N–H and O–H groups in total. The van der Waals surface area contributed by atoms with Crippen molar-refractivity contribution in [2.45, 2.75) is 39.2 Å². The standard InChI is InChI=1S/C13H19N3O3/c1-4-13(5-2,12(18)19)16-11-9(10(14)17)8(3)6-7-15-11/h6-7H,4-5H2,1-3H3,(H2,14,17)(H,15,16)(H,18,19). The van der Waals surface area contributed by atoms with Gasteiger partial charge in [-0.05, 0) is 31.4 Å². The first-order valence-electron chi connectivity index (χ1n) is 6.15. The molecule has 0 fully saturated rings. The van der Waals surface area contributed by atoms with E-state index in [9.17, 15) is 14.7 Å². The van der Waals surface area contributed by atoms with Crippen molar-refractivity contribution in [2.24, 2.45) is 5.73 Å². The maximum absolute atomic E-state index is 11.5. The van der Waals surface area contributed by atoms with E-state index in [1.807, 2.05) is 0 Å². The van der Waals surface area contributed by atoms with Crippen molar-refractivity contribution in [1.82, 2.24) is 4.98 Å². The van der Waals surface area contributed by atoms with Crippen molar-refractivity contribution >= 4 is 17.7 Å². The third kappa shape index (κ3) is 2.83. The van der Waals surface area contributed by atoms with E-state index < -0.39 is 17.4 Å². The quantitative estimate of drug-likeness (QED) is 0.723. The highest BCUT2D eigenvalue weighted by atomic mass is 16.4. The predicted molar refractivity (Wildman–Crippen MR) is 72.1 cm³/mol. The van der Waals surface area contributed by atoms with Crippen LogP contribution in [0, 0.1) is 6.92 Å². The van der Waals surface area contributed by atoms with Gasteiger partial charge < -0.3 is 16.2 Å². The number of carbonyl (C=O) groups excluding carboxylic acids is 1. The number of pyridine rings is 1. The molecule has 0 unspecified atom stereocenters. The largest absolute Gasteiger partial charge is 0.480 e. The number of nitrogens with zero attached hydrogens (tertiary/aromatic N) is 1. The lowest BCUT2D eigenvalue weighted by atomic mass is 9.92. The van der Waals surface area contributed by atoms with E-state index >= 15 is 0 Å². The monoisotopic (exact) mass is 265 g/mol. The molecule has 0 bridgehead atoms. The molecule has 6 heteroatoms. The van der Waals surface area contributed by atoms with Crippen LogP contribution < -0.4 is 11.1 Å². The van der Waals surface area contributed by atoms with Crippen molar-refractivity contribution in [3.8, 4) is 0 Å². The van der Waals surface area contributed by atoms with Gasteiger partial charge >= 0.3 is 5.97 Å². The number of hydrogen-bond donors (Lipinski definition) is 3. The molecule has 19 heavy (non-hydrogen) atoms. The normalized spacial score (nSPS) is 11.1. The molecule has 0 saturated carbocycles. The Balaban J connectivity index is 3.28. The van der Waals surface area contributed by atoms with Crippen molar-refractivity contribution in [3.05, 3.63) is 23.4 Å². The molecule has 0 aromatic carbocycles. The summed E-state index contributed by atoms with van der Waals surface area (Å²) in [5.41, 5.74) is 5.07. The molecule has 0 saturated heterocycles. The summed E-state index contributed by atoms with van der Waals surface area (Å²) in [5.74, 6) is -1.38. The number of hydrogen-bond acceptors (Lipinski definition) is 4. The van der Waals surface area contributed by atoms with Crippen molar-refractivity contribution in [1.29, 1.82) is 0 Å². The summed E-state index contributed by atoms with van der Waals surface area (Å²) in [7, 11) is 0. The van der Waals surface area contributed by atoms with E-state index in [0.717, 1.165) is 0 Å². The average molecular weight is 265 g/mol. The molecule has 0 spiro atoms. The van der Waals surface area contributed by atoms with Crippen molar-refractivity contribution < 1.29 is 14.7 Å². The highest BCUT2D eigenvalue weighted by Crippen LogP contribution is 2.25. The van der Waals surface area contributed by atoms with E-state index in [0.29, 0.717) is 18.4 Å². The van der Waals surface area contributed by atoms with Crippen LogP contribution in [0.5, 0.6) is 0 Å². The lowest BCUT2D eigenvalue weighted by Gasteiger charge is -2.29. The molecule has 0 aliphatic carbocycles. The van der Waals surface area contributed by atoms with E-state index in [1.165, 1.54) is 6.20 Å². The zero-order valence-electron chi connectivity index (χ0n) is 11.4. The van der Waals surface area contributed by atoms with E-state index in [2.05, 4.69) is 10.3 Å². The molecule has 0 atom stereocenters. The van der Waals surface area contributed by atoms with Crippen LogP contribution in [0.1, 0.15) is 42.6 Å². The lowest BCUT2D eigenvalue weighted by Crippen LogP contribution is -2.46. The van der Waals surface area contributed by atoms with Gasteiger partial charge in [-0.15, -0.1) is 0 Å². The zero-order valence-corrected chi connectivity index (χ0v) is 11.4. The van der Waals surface area contributed by atoms with Gasteiger partial charge in [-0.25, -0.2) is 9.78 Å². The third-order valence-electron chi connectivity index (χ3n) is 3.38. The molecule has 0 aliphatic heterocycles. The van der Waals surface area contributed by atoms with Gasteiger partial charge in [-0.3, -0.25) is 4.79 Å². The molecule has 104 valence electrons. The number of aliphatic carboxylic acids is 1. The molecular weight excluding hydrogens is 246 g/mol. The highest BCUT2D eigenvalue weighted by molar-refractivity contribution is 5.99. The number of carboxylic acid groups (broad SMARTS) is 1. The number of nitrogens with two attached hydrogens (primary N) is 1. The summed E-state index contributed by atoms with van der Waals surface area (Å²) in [6, 6.07) is 1.66. The van der Waals surface area contributed by atoms with Crippen LogP contribution in [0.15, 0.2) is 12.3 Å². The number of amides is 1. The van der Waals surface area contributed by atoms with Gasteiger partial charge in [0.2, 0.25) is 0 Å². The predicted octanol–water partition coefficient (Wildman–Crippen LogP) is 1.54. The smallest absolute Gasteiger partial charge is 0.329 e. The van der Waals surface area contributed by atoms with E-state index in [-0.39, 0.29) is 11.4 Å². The van der Waals surface area contributed by atoms with Crippen LogP contribution in [0.25, 0.3) is 0 Å². The first kappa shape index (κ1) is 14.9. The first-order valence-corrected chi connectivity index (χ1v) is 6.15. The third-order valence-corrected chi connectivity index (χ3v) is 3.38. The summed E-state index contributed by atoms with van der Waals surface area (Å²) in [4.78, 5) is 27.0. The van der Waals surface area contributed by atoms with Gasteiger partial charge in [0.25, 0.3) is 5.91 Å². The maximum atomic E-state index is 11.5. The Bertz CT molecular complexity index is 496. The maximum Gasteiger partial charge on any atom is 0.329 e. The van der Waals surface area contributed by atoms with Crippen LogP contribution in [0.3, 0.4) is 0 Å². The number of nitrogens with one attached hydrogen (secondary N) is 1. The minimum atomic E-state index is -1.15. The number of primary amides is 1. The summed E-state index contributed by atoms with van der Waals surface area (Å²) in [5, 5.41) is 12.2. The van der Waals surface area contributed by atoms with Gasteiger partial charge in [-0.1, -0.05) is 13.8 Å². The molecule has 1 aromatic heterocycles. The van der Waals surface area contributed by atoms with Crippen LogP contribution >= 0.6 is 0 Å². The summed E-state index contributed by atoms with van der Waals surface area (Å²) >= 11 is 0. The Morgan fingerprint density at radius 3 is 2.42 bits per heavy atom. The lowest BCUT2D eigenvalue weighted by molar-refractivity contribution is -0.142. The van der Waals surface area contributed by atoms with Gasteiger partial charge in [0, 0.05) is 6.20 Å². The first-order chi connectivity index (χ1) is 8.88. The Hall–Kier alpha value is -2.11. The Morgan fingerprint density at radius 2 is 2.00 bits per heavy atom. The van der Waals surface area contributed by atoms with Crippen LogP contribution in [-0.4, -0.2) is 27.5 Å². The Morgan fingerprint density at radius 1 is 1.42 bits per heavy atom. The fourth-order valence-electron chi connectivity index (χ4n) is 1.97. The fraction of sp³-hybridized carbons (Fsp3) is 0.462. The van der Waals surface area contributed by atoms with E-state index in [1.54, 1.807) is 26.8 Å². The molecular formula is C13H19N3O3. The average Bonchev–Trinajstić information content (AvgIpc) is 2.35. The van der Waals surface area contributed by atoms with E-state index in [4.69, 9.17) is 5.73 Å². The second kappa shape index (κ2) is 5.69. The number of anilines is 1. The molecule has 1 aromatic rings. The summed E-state index contributed by atoms with van der Waals surface area (Å²) < 4.78 is 0. The fourth-order valence-corrected chi connectivity index (χ4v) is 1.97. The SMILES string of the molecule is CCC(CC)(Nc1nccc(C)c1C(N)=O)C(=O)O. The molecule has 1 rings (SSSR count). The van der Waals surface area contributed by atoms with Crippen molar-refractivity contribution in [3.63, 3.8) is 0 Å². The molecule has 1 heterocycles. The van der Waals surface area contributed by atoms with Gasteiger partial charge in [0.1, 0.15) is 11.4 Å². The Kier molecular flexibility index (Phi) is 4.47. The number of carbonyl (C=O) groups is 2. The van der Waals surface area contributed by atoms with Gasteiger partial charge in [0.05, 0.1) is 5.56 Å². The molecule has 1 amide bonds. The van der Waals surface area contributed by atoms with Crippen molar-refractivity contribution in [2.75, 3.05) is 5.32 Å². The summed E-state index contributed by atoms with van der Waals surface area (Å²) in [6.45, 7) is 5.27. The number of carboxylic acids is 1. The number of aryl methyl sites for hydroxylation is 1. The number of rotatable bonds is 6. The second-order valence-electron chi connectivity index (χ2n) is 4.44. The van der Waals surface area contributed by atoms with Crippen LogP contribution in [0.2, 0.25) is 0 Å². The molecule has 0 radical (unpaired) electrons. The second-order valence-corrected chi connectivity index (χ2v) is 4.44. The van der Waals surface area contributed by atoms with Crippen LogP contribution in [-0.2, 0) is 4.79 Å². The molecule has 0 aliphatic rings. The zero-order chi connectivity index (χ0) is 14.6. The van der Waals surface area contributed by atoms with Crippen LogP contribution in [0.4, 0.5) is 5.82 Å². The Labute approximate surface area is 112 Å². The highest BCUT2D eigenvalue weighted by Gasteiger charge is 2.36.